The molecule has 2 rings (SSSR count). The Bertz CT molecular complexity index is 643. The number of rotatable bonds is 4. The van der Waals surface area contributed by atoms with Crippen LogP contribution in [0.3, 0.4) is 0 Å². The molecule has 0 heterocycles. The molecule has 1 aromatic rings. The van der Waals surface area contributed by atoms with Crippen molar-refractivity contribution in [3.8, 4) is 0 Å². The van der Waals surface area contributed by atoms with Crippen LogP contribution in [0, 0.1) is 17.8 Å². The van der Waals surface area contributed by atoms with Crippen molar-refractivity contribution in [2.24, 2.45) is 17.8 Å². The molecule has 0 saturated heterocycles. The Morgan fingerprint density at radius 3 is 2.30 bits per heavy atom. The number of hydrogen-bond acceptors (Lipinski definition) is 4. The molecule has 1 aliphatic carbocycles. The molecule has 0 aliphatic heterocycles. The summed E-state index contributed by atoms with van der Waals surface area (Å²) < 4.78 is 0. The summed E-state index contributed by atoms with van der Waals surface area (Å²) in [5.41, 5.74) is -0.518. The van der Waals surface area contributed by atoms with Crippen LogP contribution in [0.1, 0.15) is 32.8 Å². The maximum atomic E-state index is 12.3. The van der Waals surface area contributed by atoms with Gasteiger partial charge in [-0.05, 0) is 26.3 Å². The molecule has 4 atom stereocenters. The lowest BCUT2D eigenvalue weighted by Gasteiger charge is -2.42. The summed E-state index contributed by atoms with van der Waals surface area (Å²) in [6.07, 6.45) is 3.35. The number of allylic oxidation sites excluding steroid dienone is 1. The molecule has 1 aliphatic rings. The third kappa shape index (κ3) is 3.64. The van der Waals surface area contributed by atoms with Gasteiger partial charge < -0.3 is 5.11 Å². The monoisotopic (exact) mass is 314 g/mol. The summed E-state index contributed by atoms with van der Waals surface area (Å²) in [7, 11) is 0. The summed E-state index contributed by atoms with van der Waals surface area (Å²) in [6, 6.07) is 9.44. The summed E-state index contributed by atoms with van der Waals surface area (Å²) in [5.74, 6) is -3.04. The number of carbonyl (C=O) groups is 3. The van der Waals surface area contributed by atoms with Crippen LogP contribution in [0.25, 0.3) is 6.08 Å². The highest BCUT2D eigenvalue weighted by molar-refractivity contribution is 6.04. The van der Waals surface area contributed by atoms with Crippen molar-refractivity contribution in [1.82, 2.24) is 0 Å². The Balaban J connectivity index is 2.45. The van der Waals surface area contributed by atoms with Gasteiger partial charge in [0.15, 0.2) is 0 Å². The maximum Gasteiger partial charge on any atom is 0.146 e. The van der Waals surface area contributed by atoms with E-state index >= 15 is 0 Å². The minimum Gasteiger partial charge on any atom is -0.389 e. The van der Waals surface area contributed by atoms with Gasteiger partial charge in [-0.1, -0.05) is 42.5 Å². The average Bonchev–Trinajstić information content (AvgIpc) is 2.43. The van der Waals surface area contributed by atoms with Crippen LogP contribution in [0.15, 0.2) is 36.4 Å². The molecular formula is C19H22O4. The van der Waals surface area contributed by atoms with Gasteiger partial charge in [-0.25, -0.2) is 0 Å². The number of carbonyl (C=O) groups excluding carboxylic acids is 3. The third-order valence-corrected chi connectivity index (χ3v) is 4.51. The van der Waals surface area contributed by atoms with Crippen molar-refractivity contribution in [2.75, 3.05) is 0 Å². The molecule has 0 spiro atoms. The van der Waals surface area contributed by atoms with E-state index in [-0.39, 0.29) is 23.8 Å². The van der Waals surface area contributed by atoms with Gasteiger partial charge in [0.25, 0.3) is 0 Å². The molecule has 0 radical (unpaired) electrons. The molecule has 23 heavy (non-hydrogen) atoms. The highest BCUT2D eigenvalue weighted by Gasteiger charge is 2.52. The second-order valence-electron chi connectivity index (χ2n) is 6.52. The van der Waals surface area contributed by atoms with Crippen LogP contribution in [0.4, 0.5) is 0 Å². The molecule has 4 heteroatoms. The fraction of sp³-hybridized carbons (Fsp3) is 0.421. The van der Waals surface area contributed by atoms with Crippen LogP contribution in [0.5, 0.6) is 0 Å². The van der Waals surface area contributed by atoms with Crippen LogP contribution >= 0.6 is 0 Å². The minimum atomic E-state index is -1.43. The first kappa shape index (κ1) is 17.3. The van der Waals surface area contributed by atoms with Crippen LogP contribution < -0.4 is 0 Å². The molecular weight excluding hydrogens is 292 g/mol. The van der Waals surface area contributed by atoms with E-state index in [0.29, 0.717) is 0 Å². The average molecular weight is 314 g/mol. The lowest BCUT2D eigenvalue weighted by atomic mass is 9.61. The van der Waals surface area contributed by atoms with Crippen molar-refractivity contribution in [3.63, 3.8) is 0 Å². The highest BCUT2D eigenvalue weighted by Crippen LogP contribution is 2.41. The molecule has 0 bridgehead atoms. The van der Waals surface area contributed by atoms with E-state index in [2.05, 4.69) is 0 Å². The maximum absolute atomic E-state index is 12.3. The Morgan fingerprint density at radius 1 is 1.17 bits per heavy atom. The lowest BCUT2D eigenvalue weighted by Crippen LogP contribution is -2.54. The SMILES string of the molecule is CC(=O)[C@@H]1C(=O)C[C@@](C)(O)[C@H](C(C)=O)[C@@H]1/C=C/c1ccccc1. The number of Topliss-reactive ketones (excluding diaryl/α,β-unsaturated/α-hetero) is 3. The summed E-state index contributed by atoms with van der Waals surface area (Å²) in [4.78, 5) is 36.4. The van der Waals surface area contributed by atoms with Gasteiger partial charge in [0.05, 0.1) is 17.4 Å². The highest BCUT2D eigenvalue weighted by atomic mass is 16.3. The van der Waals surface area contributed by atoms with Gasteiger partial charge in [-0.3, -0.25) is 14.4 Å². The molecule has 1 fully saturated rings. The third-order valence-electron chi connectivity index (χ3n) is 4.51. The summed E-state index contributed by atoms with van der Waals surface area (Å²) >= 11 is 0. The Morgan fingerprint density at radius 2 is 1.78 bits per heavy atom. The fourth-order valence-corrected chi connectivity index (χ4v) is 3.61. The van der Waals surface area contributed by atoms with Crippen LogP contribution in [-0.4, -0.2) is 28.1 Å². The lowest BCUT2D eigenvalue weighted by molar-refractivity contribution is -0.153. The topological polar surface area (TPSA) is 71.4 Å². The number of aliphatic hydroxyl groups is 1. The smallest absolute Gasteiger partial charge is 0.146 e. The predicted octanol–water partition coefficient (Wildman–Crippen LogP) is 2.45. The first-order valence-electron chi connectivity index (χ1n) is 7.73. The zero-order valence-corrected chi connectivity index (χ0v) is 13.7. The van der Waals surface area contributed by atoms with Crippen LogP contribution in [0.2, 0.25) is 0 Å². The normalized spacial score (nSPS) is 31.3. The number of benzene rings is 1. The summed E-state index contributed by atoms with van der Waals surface area (Å²) in [6.45, 7) is 4.26. The van der Waals surface area contributed by atoms with Crippen molar-refractivity contribution >= 4 is 23.4 Å². The molecule has 0 unspecified atom stereocenters. The first-order chi connectivity index (χ1) is 10.7. The van der Waals surface area contributed by atoms with Gasteiger partial charge in [0.2, 0.25) is 0 Å². The minimum absolute atomic E-state index is 0.169. The van der Waals surface area contributed by atoms with Crippen molar-refractivity contribution in [2.45, 2.75) is 32.8 Å². The number of hydrogen-bond donors (Lipinski definition) is 1. The van der Waals surface area contributed by atoms with Gasteiger partial charge in [-0.2, -0.15) is 0 Å². The Hall–Kier alpha value is -2.07. The fourth-order valence-electron chi connectivity index (χ4n) is 3.61. The van der Waals surface area contributed by atoms with E-state index in [9.17, 15) is 19.5 Å². The zero-order valence-electron chi connectivity index (χ0n) is 13.7. The number of ketones is 3. The van der Waals surface area contributed by atoms with E-state index in [1.165, 1.54) is 20.8 Å². The van der Waals surface area contributed by atoms with E-state index in [0.717, 1.165) is 5.56 Å². The van der Waals surface area contributed by atoms with Crippen molar-refractivity contribution in [1.29, 1.82) is 0 Å². The van der Waals surface area contributed by atoms with Gasteiger partial charge in [-0.15, -0.1) is 0 Å². The van der Waals surface area contributed by atoms with E-state index in [1.807, 2.05) is 30.3 Å². The predicted molar refractivity (Wildman–Crippen MR) is 87.6 cm³/mol. The molecule has 1 aromatic carbocycles. The second kappa shape index (κ2) is 6.59. The standard InChI is InChI=1S/C19H22O4/c1-12(20)17-15(10-9-14-7-5-4-6-8-14)18(13(2)21)19(3,23)11-16(17)22/h4-10,15,17-18,23H,11H2,1-3H3/b10-9+/t15-,17+,18-,19-/m1/s1. The van der Waals surface area contributed by atoms with Crippen LogP contribution in [-0.2, 0) is 14.4 Å². The Labute approximate surface area is 136 Å². The molecule has 4 nitrogen and oxygen atoms in total. The van der Waals surface area contributed by atoms with E-state index < -0.39 is 23.4 Å². The molecule has 1 saturated carbocycles. The molecule has 0 amide bonds. The Kier molecular flexibility index (Phi) is 4.95. The van der Waals surface area contributed by atoms with Gasteiger partial charge in [0, 0.05) is 12.3 Å². The molecule has 1 N–H and O–H groups in total. The van der Waals surface area contributed by atoms with E-state index in [4.69, 9.17) is 0 Å². The van der Waals surface area contributed by atoms with Gasteiger partial charge in [0.1, 0.15) is 17.3 Å². The first-order valence-corrected chi connectivity index (χ1v) is 7.73. The van der Waals surface area contributed by atoms with Gasteiger partial charge >= 0.3 is 0 Å². The van der Waals surface area contributed by atoms with Crippen molar-refractivity contribution in [3.05, 3.63) is 42.0 Å². The second-order valence-corrected chi connectivity index (χ2v) is 6.52. The molecule has 122 valence electrons. The van der Waals surface area contributed by atoms with Crippen molar-refractivity contribution < 1.29 is 19.5 Å². The quantitative estimate of drug-likeness (QED) is 0.867. The zero-order chi connectivity index (χ0) is 17.2. The summed E-state index contributed by atoms with van der Waals surface area (Å²) in [5, 5.41) is 10.6. The van der Waals surface area contributed by atoms with E-state index in [1.54, 1.807) is 12.2 Å². The largest absolute Gasteiger partial charge is 0.389 e. The molecule has 0 aromatic heterocycles.